The van der Waals surface area contributed by atoms with Gasteiger partial charge in [-0.25, -0.2) is 0 Å². The summed E-state index contributed by atoms with van der Waals surface area (Å²) in [5.74, 6) is 0. The van der Waals surface area contributed by atoms with Crippen molar-refractivity contribution >= 4 is 0 Å². The van der Waals surface area contributed by atoms with E-state index in [1.807, 2.05) is 12.4 Å². The fraction of sp³-hybridized carbons (Fsp3) is 0.0833. The topological polar surface area (TPSA) is 25.8 Å². The summed E-state index contributed by atoms with van der Waals surface area (Å²) in [5, 5.41) is 0. The number of hydrogen-bond acceptors (Lipinski definition) is 2. The highest BCUT2D eigenvalue weighted by Gasteiger charge is 2.04. The predicted molar refractivity (Wildman–Crippen MR) is 108 cm³/mol. The van der Waals surface area contributed by atoms with Crippen LogP contribution in [0.25, 0.3) is 33.6 Å². The van der Waals surface area contributed by atoms with Crippen LogP contribution < -0.4 is 0 Å². The molecule has 0 aliphatic carbocycles. The third-order valence-electron chi connectivity index (χ3n) is 4.49. The van der Waals surface area contributed by atoms with Crippen LogP contribution in [0.2, 0.25) is 0 Å². The summed E-state index contributed by atoms with van der Waals surface area (Å²) in [4.78, 5) is 9.25. The van der Waals surface area contributed by atoms with Gasteiger partial charge in [-0.1, -0.05) is 59.7 Å². The average molecular weight is 336 g/mol. The van der Waals surface area contributed by atoms with Crippen LogP contribution in [0.4, 0.5) is 0 Å². The van der Waals surface area contributed by atoms with Crippen molar-refractivity contribution in [2.75, 3.05) is 0 Å². The van der Waals surface area contributed by atoms with Gasteiger partial charge in [0.15, 0.2) is 0 Å². The van der Waals surface area contributed by atoms with Crippen molar-refractivity contribution in [2.24, 2.45) is 0 Å². The second-order valence-electron chi connectivity index (χ2n) is 6.60. The zero-order valence-corrected chi connectivity index (χ0v) is 15.0. The molecule has 0 radical (unpaired) electrons. The first kappa shape index (κ1) is 16.2. The Hall–Kier alpha value is -3.26. The van der Waals surface area contributed by atoms with Crippen LogP contribution in [0.1, 0.15) is 11.1 Å². The Kier molecular flexibility index (Phi) is 4.32. The van der Waals surface area contributed by atoms with Crippen LogP contribution in [0, 0.1) is 13.8 Å². The second kappa shape index (κ2) is 6.93. The zero-order chi connectivity index (χ0) is 17.9. The standard InChI is InChI=1S/C24H20N2/c1-17-5-3-7-19(13-17)21-9-11-24(25-15-21)22-10-12-23(26-16-22)20-8-4-6-18(2)14-20/h3-16H,1-2H3. The Bertz CT molecular complexity index is 945. The van der Waals surface area contributed by atoms with Crippen molar-refractivity contribution in [1.29, 1.82) is 0 Å². The smallest absolute Gasteiger partial charge is 0.0717 e. The van der Waals surface area contributed by atoms with Crippen LogP contribution in [0.15, 0.2) is 85.2 Å². The SMILES string of the molecule is Cc1cccc(-c2ccc(-c3ccc(-c4cccc(C)c4)nc3)nc2)c1. The first-order chi connectivity index (χ1) is 12.7. The van der Waals surface area contributed by atoms with Crippen molar-refractivity contribution in [3.63, 3.8) is 0 Å². The molecular formula is C24H20N2. The molecule has 0 unspecified atom stereocenters. The molecule has 2 heterocycles. The van der Waals surface area contributed by atoms with Crippen LogP contribution in [-0.4, -0.2) is 9.97 Å². The number of rotatable bonds is 3. The molecule has 26 heavy (non-hydrogen) atoms. The van der Waals surface area contributed by atoms with Gasteiger partial charge in [-0.2, -0.15) is 0 Å². The van der Waals surface area contributed by atoms with Crippen molar-refractivity contribution < 1.29 is 0 Å². The molecule has 0 atom stereocenters. The van der Waals surface area contributed by atoms with E-state index in [2.05, 4.69) is 96.6 Å². The summed E-state index contributed by atoms with van der Waals surface area (Å²) in [7, 11) is 0. The van der Waals surface area contributed by atoms with Gasteiger partial charge in [0.25, 0.3) is 0 Å². The number of benzene rings is 2. The molecular weight excluding hydrogens is 316 g/mol. The monoisotopic (exact) mass is 336 g/mol. The molecule has 0 aliphatic heterocycles. The maximum absolute atomic E-state index is 4.63. The zero-order valence-electron chi connectivity index (χ0n) is 15.0. The number of pyridine rings is 2. The molecule has 126 valence electrons. The average Bonchev–Trinajstić information content (AvgIpc) is 2.68. The fourth-order valence-corrected chi connectivity index (χ4v) is 3.08. The van der Waals surface area contributed by atoms with Gasteiger partial charge in [-0.05, 0) is 43.7 Å². The van der Waals surface area contributed by atoms with Crippen LogP contribution >= 0.6 is 0 Å². The van der Waals surface area contributed by atoms with Crippen molar-refractivity contribution in [3.05, 3.63) is 96.3 Å². The lowest BCUT2D eigenvalue weighted by Gasteiger charge is -2.06. The van der Waals surface area contributed by atoms with E-state index in [-0.39, 0.29) is 0 Å². The summed E-state index contributed by atoms with van der Waals surface area (Å²) in [5.41, 5.74) is 8.89. The van der Waals surface area contributed by atoms with Crippen molar-refractivity contribution in [2.45, 2.75) is 13.8 Å². The summed E-state index contributed by atoms with van der Waals surface area (Å²) in [6, 6.07) is 25.2. The lowest BCUT2D eigenvalue weighted by molar-refractivity contribution is 1.27. The number of aromatic nitrogens is 2. The maximum atomic E-state index is 4.63. The van der Waals surface area contributed by atoms with Gasteiger partial charge in [0.05, 0.1) is 11.4 Å². The normalized spacial score (nSPS) is 10.7. The number of aryl methyl sites for hydroxylation is 2. The molecule has 0 fully saturated rings. The molecule has 0 bridgehead atoms. The fourth-order valence-electron chi connectivity index (χ4n) is 3.08. The Morgan fingerprint density at radius 2 is 1.04 bits per heavy atom. The van der Waals surface area contributed by atoms with Gasteiger partial charge in [0.2, 0.25) is 0 Å². The Labute approximate surface area is 154 Å². The quantitative estimate of drug-likeness (QED) is 0.452. The molecule has 0 spiro atoms. The largest absolute Gasteiger partial charge is 0.256 e. The highest BCUT2D eigenvalue weighted by molar-refractivity contribution is 5.68. The summed E-state index contributed by atoms with van der Waals surface area (Å²) < 4.78 is 0. The number of nitrogens with zero attached hydrogens (tertiary/aromatic N) is 2. The van der Waals surface area contributed by atoms with Crippen LogP contribution in [0.3, 0.4) is 0 Å². The minimum absolute atomic E-state index is 0.935. The van der Waals surface area contributed by atoms with Crippen molar-refractivity contribution in [3.8, 4) is 33.6 Å². The van der Waals surface area contributed by atoms with Gasteiger partial charge in [0.1, 0.15) is 0 Å². The van der Waals surface area contributed by atoms with Gasteiger partial charge in [-0.3, -0.25) is 9.97 Å². The Morgan fingerprint density at radius 3 is 1.62 bits per heavy atom. The molecule has 2 nitrogen and oxygen atoms in total. The molecule has 4 aromatic rings. The Morgan fingerprint density at radius 1 is 0.500 bits per heavy atom. The van der Waals surface area contributed by atoms with Crippen LogP contribution in [0.5, 0.6) is 0 Å². The molecule has 4 rings (SSSR count). The minimum Gasteiger partial charge on any atom is -0.256 e. The lowest BCUT2D eigenvalue weighted by Crippen LogP contribution is -1.88. The van der Waals surface area contributed by atoms with E-state index >= 15 is 0 Å². The van der Waals surface area contributed by atoms with Gasteiger partial charge in [-0.15, -0.1) is 0 Å². The van der Waals surface area contributed by atoms with Gasteiger partial charge < -0.3 is 0 Å². The molecule has 0 N–H and O–H groups in total. The third-order valence-corrected chi connectivity index (χ3v) is 4.49. The van der Waals surface area contributed by atoms with E-state index in [0.717, 1.165) is 28.1 Å². The molecule has 2 heteroatoms. The summed E-state index contributed by atoms with van der Waals surface area (Å²) in [6.45, 7) is 4.20. The van der Waals surface area contributed by atoms with E-state index in [9.17, 15) is 0 Å². The third kappa shape index (κ3) is 3.40. The Balaban J connectivity index is 1.60. The first-order valence-electron chi connectivity index (χ1n) is 8.76. The molecule has 0 aliphatic rings. The number of hydrogen-bond donors (Lipinski definition) is 0. The van der Waals surface area contributed by atoms with E-state index in [4.69, 9.17) is 0 Å². The second-order valence-corrected chi connectivity index (χ2v) is 6.60. The molecule has 0 amide bonds. The van der Waals surface area contributed by atoms with Crippen LogP contribution in [-0.2, 0) is 0 Å². The molecule has 2 aromatic carbocycles. The van der Waals surface area contributed by atoms with E-state index in [1.54, 1.807) is 0 Å². The summed E-state index contributed by atoms with van der Waals surface area (Å²) in [6.07, 6.45) is 3.82. The van der Waals surface area contributed by atoms with Crippen molar-refractivity contribution in [1.82, 2.24) is 9.97 Å². The minimum atomic E-state index is 0.935. The van der Waals surface area contributed by atoms with E-state index in [1.165, 1.54) is 16.7 Å². The summed E-state index contributed by atoms with van der Waals surface area (Å²) >= 11 is 0. The molecule has 0 saturated carbocycles. The predicted octanol–water partition coefficient (Wildman–Crippen LogP) is 6.09. The van der Waals surface area contributed by atoms with E-state index < -0.39 is 0 Å². The van der Waals surface area contributed by atoms with E-state index in [0.29, 0.717) is 0 Å². The maximum Gasteiger partial charge on any atom is 0.0717 e. The highest BCUT2D eigenvalue weighted by Crippen LogP contribution is 2.25. The first-order valence-corrected chi connectivity index (χ1v) is 8.76. The van der Waals surface area contributed by atoms with Gasteiger partial charge >= 0.3 is 0 Å². The lowest BCUT2D eigenvalue weighted by atomic mass is 10.0. The highest BCUT2D eigenvalue weighted by atomic mass is 14.7. The molecule has 0 saturated heterocycles. The van der Waals surface area contributed by atoms with Gasteiger partial charge in [0, 0.05) is 29.1 Å². The molecule has 2 aromatic heterocycles.